The van der Waals surface area contributed by atoms with Crippen LogP contribution in [0.1, 0.15) is 25.7 Å². The Balaban J connectivity index is 1.38. The zero-order valence-corrected chi connectivity index (χ0v) is 12.2. The topological polar surface area (TPSA) is 53.3 Å². The van der Waals surface area contributed by atoms with E-state index >= 15 is 0 Å². The van der Waals surface area contributed by atoms with Crippen LogP contribution in [0.15, 0.2) is 18.5 Å². The van der Waals surface area contributed by atoms with E-state index in [1.54, 1.807) is 0 Å². The highest BCUT2D eigenvalue weighted by Gasteiger charge is 2.34. The fraction of sp³-hybridized carbons (Fsp3) is 0.800. The van der Waals surface area contributed by atoms with Crippen molar-refractivity contribution < 1.29 is 5.11 Å². The van der Waals surface area contributed by atoms with Gasteiger partial charge in [-0.1, -0.05) is 0 Å². The van der Waals surface area contributed by atoms with Gasteiger partial charge in [-0.2, -0.15) is 5.10 Å². The van der Waals surface area contributed by atoms with E-state index in [2.05, 4.69) is 15.3 Å². The van der Waals surface area contributed by atoms with Crippen molar-refractivity contribution in [3.05, 3.63) is 18.5 Å². The summed E-state index contributed by atoms with van der Waals surface area (Å²) in [5.74, 6) is 0.812. The molecule has 2 N–H and O–H groups in total. The summed E-state index contributed by atoms with van der Waals surface area (Å²) >= 11 is 0. The molecule has 0 radical (unpaired) electrons. The van der Waals surface area contributed by atoms with Crippen molar-refractivity contribution in [1.82, 2.24) is 20.0 Å². The molecule has 1 aromatic heterocycles. The Hall–Kier alpha value is -0.910. The Morgan fingerprint density at radius 1 is 1.35 bits per heavy atom. The average Bonchev–Trinajstić information content (AvgIpc) is 3.10. The van der Waals surface area contributed by atoms with E-state index in [0.717, 1.165) is 51.6 Å². The van der Waals surface area contributed by atoms with Gasteiger partial charge in [0.25, 0.3) is 0 Å². The van der Waals surface area contributed by atoms with E-state index in [4.69, 9.17) is 0 Å². The number of hydrogen-bond donors (Lipinski definition) is 2. The summed E-state index contributed by atoms with van der Waals surface area (Å²) in [6, 6.07) is 1.99. The van der Waals surface area contributed by atoms with E-state index in [9.17, 15) is 5.11 Å². The number of likely N-dealkylation sites (tertiary alicyclic amines) is 1. The molecule has 2 saturated heterocycles. The van der Waals surface area contributed by atoms with Gasteiger partial charge in [-0.3, -0.25) is 4.68 Å². The quantitative estimate of drug-likeness (QED) is 0.833. The SMILES string of the molecule is OC1(CN2CCC(CCn3cccn3)CC2)CCNC1. The summed E-state index contributed by atoms with van der Waals surface area (Å²) in [5.41, 5.74) is -0.484. The molecule has 0 saturated carbocycles. The van der Waals surface area contributed by atoms with Crippen molar-refractivity contribution in [3.63, 3.8) is 0 Å². The maximum Gasteiger partial charge on any atom is 0.0909 e. The fourth-order valence-electron chi connectivity index (χ4n) is 3.46. The Bertz CT molecular complexity index is 392. The minimum atomic E-state index is -0.484. The number of aliphatic hydroxyl groups is 1. The molecule has 5 heteroatoms. The van der Waals surface area contributed by atoms with Crippen molar-refractivity contribution in [2.24, 2.45) is 5.92 Å². The number of piperidine rings is 1. The molecule has 0 spiro atoms. The highest BCUT2D eigenvalue weighted by Crippen LogP contribution is 2.24. The maximum absolute atomic E-state index is 10.4. The lowest BCUT2D eigenvalue weighted by Crippen LogP contribution is -2.47. The molecular formula is C15H26N4O. The van der Waals surface area contributed by atoms with E-state index in [1.165, 1.54) is 19.3 Å². The third-order valence-electron chi connectivity index (χ3n) is 4.77. The van der Waals surface area contributed by atoms with Gasteiger partial charge in [0.1, 0.15) is 0 Å². The van der Waals surface area contributed by atoms with Crippen molar-refractivity contribution >= 4 is 0 Å². The Morgan fingerprint density at radius 2 is 2.20 bits per heavy atom. The van der Waals surface area contributed by atoms with Gasteiger partial charge in [-0.15, -0.1) is 0 Å². The lowest BCUT2D eigenvalue weighted by Gasteiger charge is -2.36. The predicted molar refractivity (Wildman–Crippen MR) is 78.4 cm³/mol. The van der Waals surface area contributed by atoms with Crippen molar-refractivity contribution in [2.45, 2.75) is 37.8 Å². The molecule has 3 heterocycles. The molecule has 1 unspecified atom stereocenters. The van der Waals surface area contributed by atoms with Gasteiger partial charge in [-0.25, -0.2) is 0 Å². The van der Waals surface area contributed by atoms with Crippen molar-refractivity contribution in [1.29, 1.82) is 0 Å². The zero-order chi connectivity index (χ0) is 13.8. The van der Waals surface area contributed by atoms with Gasteiger partial charge < -0.3 is 15.3 Å². The van der Waals surface area contributed by atoms with Crippen LogP contribution in [0.2, 0.25) is 0 Å². The third-order valence-corrected chi connectivity index (χ3v) is 4.77. The van der Waals surface area contributed by atoms with Crippen molar-refractivity contribution in [2.75, 3.05) is 32.7 Å². The molecule has 0 bridgehead atoms. The van der Waals surface area contributed by atoms with Crippen molar-refractivity contribution in [3.8, 4) is 0 Å². The third kappa shape index (κ3) is 3.59. The predicted octanol–water partition coefficient (Wildman–Crippen LogP) is 0.710. The zero-order valence-electron chi connectivity index (χ0n) is 12.2. The molecular weight excluding hydrogens is 252 g/mol. The van der Waals surface area contributed by atoms with Gasteiger partial charge >= 0.3 is 0 Å². The fourth-order valence-corrected chi connectivity index (χ4v) is 3.46. The van der Waals surface area contributed by atoms with Crippen LogP contribution in [0.25, 0.3) is 0 Å². The minimum Gasteiger partial charge on any atom is -0.387 e. The highest BCUT2D eigenvalue weighted by molar-refractivity contribution is 4.91. The molecule has 0 amide bonds. The lowest BCUT2D eigenvalue weighted by atomic mass is 9.92. The van der Waals surface area contributed by atoms with Gasteiger partial charge in [0.05, 0.1) is 5.60 Å². The lowest BCUT2D eigenvalue weighted by molar-refractivity contribution is 0.00999. The van der Waals surface area contributed by atoms with Gasteiger partial charge in [0.15, 0.2) is 0 Å². The highest BCUT2D eigenvalue weighted by atomic mass is 16.3. The summed E-state index contributed by atoms with van der Waals surface area (Å²) in [5, 5.41) is 17.9. The van der Waals surface area contributed by atoms with Gasteiger partial charge in [0.2, 0.25) is 0 Å². The molecule has 1 aromatic rings. The summed E-state index contributed by atoms with van der Waals surface area (Å²) in [4.78, 5) is 2.44. The number of aromatic nitrogens is 2. The van der Waals surface area contributed by atoms with Crippen LogP contribution in [0, 0.1) is 5.92 Å². The first kappa shape index (κ1) is 14.0. The van der Waals surface area contributed by atoms with E-state index in [0.29, 0.717) is 0 Å². The Morgan fingerprint density at radius 3 is 2.85 bits per heavy atom. The summed E-state index contributed by atoms with van der Waals surface area (Å²) < 4.78 is 2.03. The van der Waals surface area contributed by atoms with Crippen LogP contribution in [-0.2, 0) is 6.54 Å². The smallest absolute Gasteiger partial charge is 0.0909 e. The molecule has 0 aromatic carbocycles. The molecule has 112 valence electrons. The van der Waals surface area contributed by atoms with Crippen LogP contribution < -0.4 is 5.32 Å². The first-order chi connectivity index (χ1) is 9.73. The molecule has 1 atom stereocenters. The average molecular weight is 278 g/mol. The molecule has 5 nitrogen and oxygen atoms in total. The summed E-state index contributed by atoms with van der Waals surface area (Å²) in [6.45, 7) is 5.85. The molecule has 3 rings (SSSR count). The Labute approximate surface area is 121 Å². The van der Waals surface area contributed by atoms with Gasteiger partial charge in [-0.05, 0) is 57.3 Å². The standard InChI is InChI=1S/C15H26N4O/c20-15(5-7-16-12-15)13-18-9-2-14(3-10-18)4-11-19-8-1-6-17-19/h1,6,8,14,16,20H,2-5,7,9-13H2. The minimum absolute atomic E-state index is 0.484. The first-order valence-corrected chi connectivity index (χ1v) is 7.86. The maximum atomic E-state index is 10.4. The molecule has 20 heavy (non-hydrogen) atoms. The molecule has 2 aliphatic rings. The summed E-state index contributed by atoms with van der Waals surface area (Å²) in [7, 11) is 0. The van der Waals surface area contributed by atoms with Crippen LogP contribution >= 0.6 is 0 Å². The van der Waals surface area contributed by atoms with Crippen LogP contribution in [-0.4, -0.2) is 58.1 Å². The number of aryl methyl sites for hydroxylation is 1. The van der Waals surface area contributed by atoms with E-state index < -0.39 is 5.60 Å². The van der Waals surface area contributed by atoms with E-state index in [-0.39, 0.29) is 0 Å². The monoisotopic (exact) mass is 278 g/mol. The second-order valence-corrected chi connectivity index (χ2v) is 6.43. The molecule has 0 aliphatic carbocycles. The second kappa shape index (κ2) is 6.24. The second-order valence-electron chi connectivity index (χ2n) is 6.43. The number of nitrogens with one attached hydrogen (secondary N) is 1. The largest absolute Gasteiger partial charge is 0.387 e. The van der Waals surface area contributed by atoms with E-state index in [1.807, 2.05) is 23.1 Å². The molecule has 2 aliphatic heterocycles. The van der Waals surface area contributed by atoms with Crippen LogP contribution in [0.5, 0.6) is 0 Å². The summed E-state index contributed by atoms with van der Waals surface area (Å²) in [6.07, 6.45) is 8.51. The number of nitrogens with zero attached hydrogens (tertiary/aromatic N) is 3. The number of hydrogen-bond acceptors (Lipinski definition) is 4. The Kier molecular flexibility index (Phi) is 4.38. The van der Waals surface area contributed by atoms with Crippen LogP contribution in [0.4, 0.5) is 0 Å². The normalized spacial score (nSPS) is 29.1. The molecule has 2 fully saturated rings. The van der Waals surface area contributed by atoms with Crippen LogP contribution in [0.3, 0.4) is 0 Å². The van der Waals surface area contributed by atoms with Gasteiger partial charge in [0, 0.05) is 32.0 Å². The first-order valence-electron chi connectivity index (χ1n) is 7.86. The number of β-amino-alcohol motifs (C(OH)–C–C–N with tert-alkyl or cyclic N) is 1. The number of rotatable bonds is 5.